The summed E-state index contributed by atoms with van der Waals surface area (Å²) in [5.41, 5.74) is 0.656. The predicted octanol–water partition coefficient (Wildman–Crippen LogP) is 4.76. The number of hydrogen-bond donors (Lipinski definition) is 1. The normalized spacial score (nSPS) is 17.6. The van der Waals surface area contributed by atoms with Crippen LogP contribution in [0.4, 0.5) is 18.9 Å². The summed E-state index contributed by atoms with van der Waals surface area (Å²) in [5.74, 6) is 0.272. The van der Waals surface area contributed by atoms with Gasteiger partial charge < -0.3 is 10.1 Å². The molecule has 0 aliphatic heterocycles. The average molecular weight is 287 g/mol. The molecule has 1 aromatic carbocycles. The van der Waals surface area contributed by atoms with E-state index in [-0.39, 0.29) is 5.75 Å². The van der Waals surface area contributed by atoms with E-state index in [4.69, 9.17) is 4.74 Å². The summed E-state index contributed by atoms with van der Waals surface area (Å²) in [6.45, 7) is -1.25. The molecule has 1 aromatic rings. The SMILES string of the molecule is FC(F)(F)COc1ccccc1NC1CCCCCC1. The smallest absolute Gasteiger partial charge is 0.422 e. The summed E-state index contributed by atoms with van der Waals surface area (Å²) >= 11 is 0. The Morgan fingerprint density at radius 2 is 1.70 bits per heavy atom. The molecular weight excluding hydrogens is 267 g/mol. The topological polar surface area (TPSA) is 21.3 Å². The Morgan fingerprint density at radius 1 is 1.05 bits per heavy atom. The van der Waals surface area contributed by atoms with Crippen LogP contribution in [0.3, 0.4) is 0 Å². The second-order valence-electron chi connectivity index (χ2n) is 5.23. The first kappa shape index (κ1) is 15.0. The van der Waals surface area contributed by atoms with Crippen LogP contribution in [0, 0.1) is 0 Å². The van der Waals surface area contributed by atoms with Crippen molar-refractivity contribution in [2.45, 2.75) is 50.7 Å². The van der Waals surface area contributed by atoms with Gasteiger partial charge >= 0.3 is 6.18 Å². The van der Waals surface area contributed by atoms with E-state index in [2.05, 4.69) is 5.32 Å². The van der Waals surface area contributed by atoms with Crippen LogP contribution >= 0.6 is 0 Å². The minimum absolute atomic E-state index is 0.272. The van der Waals surface area contributed by atoms with Crippen LogP contribution in [0.1, 0.15) is 38.5 Å². The summed E-state index contributed by atoms with van der Waals surface area (Å²) in [7, 11) is 0. The molecule has 1 aliphatic rings. The molecule has 0 bridgehead atoms. The molecule has 0 saturated heterocycles. The van der Waals surface area contributed by atoms with E-state index in [0.717, 1.165) is 12.8 Å². The van der Waals surface area contributed by atoms with Crippen LogP contribution in [-0.4, -0.2) is 18.8 Å². The zero-order chi connectivity index (χ0) is 14.4. The molecule has 0 heterocycles. The van der Waals surface area contributed by atoms with E-state index >= 15 is 0 Å². The highest BCUT2D eigenvalue weighted by Gasteiger charge is 2.28. The van der Waals surface area contributed by atoms with Gasteiger partial charge in [0, 0.05) is 6.04 Å². The maximum Gasteiger partial charge on any atom is 0.422 e. The van der Waals surface area contributed by atoms with Gasteiger partial charge in [-0.15, -0.1) is 0 Å². The van der Waals surface area contributed by atoms with Crippen molar-refractivity contribution in [2.75, 3.05) is 11.9 Å². The van der Waals surface area contributed by atoms with Gasteiger partial charge in [-0.1, -0.05) is 37.8 Å². The van der Waals surface area contributed by atoms with Gasteiger partial charge in [0.15, 0.2) is 6.61 Å². The standard InChI is InChI=1S/C15H20F3NO/c16-15(17,18)11-20-14-10-6-5-9-13(14)19-12-7-3-1-2-4-8-12/h5-6,9-10,12,19H,1-4,7-8,11H2. The highest BCUT2D eigenvalue weighted by atomic mass is 19.4. The predicted molar refractivity (Wildman–Crippen MR) is 73.1 cm³/mol. The van der Waals surface area contributed by atoms with Gasteiger partial charge in [0.2, 0.25) is 0 Å². The van der Waals surface area contributed by atoms with Crippen LogP contribution in [0.5, 0.6) is 5.75 Å². The number of alkyl halides is 3. The first-order valence-corrected chi connectivity index (χ1v) is 7.10. The summed E-state index contributed by atoms with van der Waals surface area (Å²) in [6.07, 6.45) is 2.64. The average Bonchev–Trinajstić information content (AvgIpc) is 2.65. The van der Waals surface area contributed by atoms with Crippen molar-refractivity contribution in [2.24, 2.45) is 0 Å². The molecule has 1 fully saturated rings. The Labute approximate surface area is 117 Å². The number of hydrogen-bond acceptors (Lipinski definition) is 2. The maximum atomic E-state index is 12.2. The highest BCUT2D eigenvalue weighted by molar-refractivity contribution is 5.56. The minimum Gasteiger partial charge on any atom is -0.482 e. The lowest BCUT2D eigenvalue weighted by Crippen LogP contribution is -2.21. The molecular formula is C15H20F3NO. The van der Waals surface area contributed by atoms with Crippen molar-refractivity contribution in [3.05, 3.63) is 24.3 Å². The summed E-state index contributed by atoms with van der Waals surface area (Å²) < 4.78 is 41.6. The molecule has 2 rings (SSSR count). The lowest BCUT2D eigenvalue weighted by molar-refractivity contribution is -0.153. The molecule has 2 nitrogen and oxygen atoms in total. The number of anilines is 1. The van der Waals surface area contributed by atoms with E-state index in [9.17, 15) is 13.2 Å². The fourth-order valence-corrected chi connectivity index (χ4v) is 2.51. The number of rotatable bonds is 4. The number of halogens is 3. The second-order valence-corrected chi connectivity index (χ2v) is 5.23. The molecule has 1 saturated carbocycles. The van der Waals surface area contributed by atoms with E-state index in [1.807, 2.05) is 0 Å². The molecule has 112 valence electrons. The first-order chi connectivity index (χ1) is 9.54. The van der Waals surface area contributed by atoms with Crippen LogP contribution < -0.4 is 10.1 Å². The molecule has 20 heavy (non-hydrogen) atoms. The Hall–Kier alpha value is -1.39. The van der Waals surface area contributed by atoms with E-state index in [1.54, 1.807) is 24.3 Å². The molecule has 0 amide bonds. The largest absolute Gasteiger partial charge is 0.482 e. The van der Waals surface area contributed by atoms with Crippen molar-refractivity contribution in [3.63, 3.8) is 0 Å². The van der Waals surface area contributed by atoms with Crippen molar-refractivity contribution >= 4 is 5.69 Å². The molecule has 1 aliphatic carbocycles. The van der Waals surface area contributed by atoms with Gasteiger partial charge in [0.05, 0.1) is 5.69 Å². The van der Waals surface area contributed by atoms with Crippen molar-refractivity contribution in [1.82, 2.24) is 0 Å². The molecule has 0 radical (unpaired) electrons. The summed E-state index contributed by atoms with van der Waals surface area (Å²) in [5, 5.41) is 3.33. The number of para-hydroxylation sites is 2. The van der Waals surface area contributed by atoms with Crippen LogP contribution in [0.25, 0.3) is 0 Å². The van der Waals surface area contributed by atoms with Gasteiger partial charge in [-0.25, -0.2) is 0 Å². The zero-order valence-corrected chi connectivity index (χ0v) is 11.4. The lowest BCUT2D eigenvalue weighted by atomic mass is 10.1. The summed E-state index contributed by atoms with van der Waals surface area (Å²) in [4.78, 5) is 0. The third-order valence-electron chi connectivity index (χ3n) is 3.49. The second kappa shape index (κ2) is 6.86. The quantitative estimate of drug-likeness (QED) is 0.806. The van der Waals surface area contributed by atoms with Gasteiger partial charge in [0.25, 0.3) is 0 Å². The van der Waals surface area contributed by atoms with Crippen LogP contribution in [0.15, 0.2) is 24.3 Å². The van der Waals surface area contributed by atoms with Crippen LogP contribution in [-0.2, 0) is 0 Å². The summed E-state index contributed by atoms with van der Waals surface area (Å²) in [6, 6.07) is 7.17. The molecule has 0 unspecified atom stereocenters. The number of benzene rings is 1. The fraction of sp³-hybridized carbons (Fsp3) is 0.600. The zero-order valence-electron chi connectivity index (χ0n) is 11.4. The molecule has 5 heteroatoms. The number of ether oxygens (including phenoxy) is 1. The Balaban J connectivity index is 1.99. The Kier molecular flexibility index (Phi) is 5.15. The van der Waals surface area contributed by atoms with Gasteiger partial charge in [-0.2, -0.15) is 13.2 Å². The molecule has 0 aromatic heterocycles. The first-order valence-electron chi connectivity index (χ1n) is 7.10. The van der Waals surface area contributed by atoms with Crippen molar-refractivity contribution in [1.29, 1.82) is 0 Å². The van der Waals surface area contributed by atoms with E-state index in [1.165, 1.54) is 25.7 Å². The fourth-order valence-electron chi connectivity index (χ4n) is 2.51. The lowest BCUT2D eigenvalue weighted by Gasteiger charge is -2.20. The van der Waals surface area contributed by atoms with Gasteiger partial charge in [-0.05, 0) is 25.0 Å². The number of nitrogens with one attached hydrogen (secondary N) is 1. The minimum atomic E-state index is -4.31. The van der Waals surface area contributed by atoms with E-state index in [0.29, 0.717) is 11.7 Å². The Bertz CT molecular complexity index is 412. The third-order valence-corrected chi connectivity index (χ3v) is 3.49. The maximum absolute atomic E-state index is 12.2. The highest BCUT2D eigenvalue weighted by Crippen LogP contribution is 2.29. The van der Waals surface area contributed by atoms with Gasteiger partial charge in [-0.3, -0.25) is 0 Å². The third kappa shape index (κ3) is 4.94. The van der Waals surface area contributed by atoms with Crippen molar-refractivity contribution in [3.8, 4) is 5.75 Å². The Morgan fingerprint density at radius 3 is 2.35 bits per heavy atom. The monoisotopic (exact) mass is 287 g/mol. The molecule has 1 N–H and O–H groups in total. The molecule has 0 spiro atoms. The molecule has 0 atom stereocenters. The van der Waals surface area contributed by atoms with Crippen molar-refractivity contribution < 1.29 is 17.9 Å². The van der Waals surface area contributed by atoms with Gasteiger partial charge in [0.1, 0.15) is 5.75 Å². The van der Waals surface area contributed by atoms with E-state index < -0.39 is 12.8 Å². The van der Waals surface area contributed by atoms with Crippen LogP contribution in [0.2, 0.25) is 0 Å².